The van der Waals surface area contributed by atoms with E-state index in [9.17, 15) is 13.2 Å². The monoisotopic (exact) mass is 383 g/mol. The fraction of sp³-hybridized carbons (Fsp3) is 0.529. The number of hydrogen-bond acceptors (Lipinski definition) is 4. The Bertz CT molecular complexity index is 850. The molecule has 2 amide bonds. The van der Waals surface area contributed by atoms with Crippen molar-refractivity contribution >= 4 is 33.5 Å². The summed E-state index contributed by atoms with van der Waals surface area (Å²) in [5.41, 5.74) is -0.0946. The van der Waals surface area contributed by atoms with Crippen LogP contribution in [0.4, 0.5) is 4.79 Å². The summed E-state index contributed by atoms with van der Waals surface area (Å²) in [6, 6.07) is 5.33. The Morgan fingerprint density at radius 2 is 1.92 bits per heavy atom. The first-order valence-electron chi connectivity index (χ1n) is 8.17. The van der Waals surface area contributed by atoms with Crippen molar-refractivity contribution in [1.82, 2.24) is 10.0 Å². The maximum atomic E-state index is 12.4. The standard InChI is InChI=1S/C17H22ClN3O3S/c1-16(2)8-11-9-17(3,10-16)14(19-11)20-15(22)21-25(23,24)13-7-5-4-6-12(13)18/h4-7,11H,8-10H2,1-3H3,(H2,19,20,21,22). The van der Waals surface area contributed by atoms with Gasteiger partial charge in [0.05, 0.1) is 11.1 Å². The number of benzene rings is 1. The number of fused-ring (bicyclic) bond motifs is 2. The number of amides is 2. The van der Waals surface area contributed by atoms with E-state index >= 15 is 0 Å². The number of aliphatic imine (C=N–C) groups is 1. The molecule has 1 heterocycles. The van der Waals surface area contributed by atoms with E-state index in [0.717, 1.165) is 19.3 Å². The van der Waals surface area contributed by atoms with Gasteiger partial charge in [-0.1, -0.05) is 44.5 Å². The number of carbonyl (C=O) groups is 1. The topological polar surface area (TPSA) is 87.6 Å². The lowest BCUT2D eigenvalue weighted by Gasteiger charge is -2.40. The summed E-state index contributed by atoms with van der Waals surface area (Å²) < 4.78 is 26.7. The molecule has 2 bridgehead atoms. The minimum Gasteiger partial charge on any atom is -0.295 e. The maximum Gasteiger partial charge on any atom is 0.334 e. The molecule has 8 heteroatoms. The van der Waals surface area contributed by atoms with Crippen LogP contribution in [0.15, 0.2) is 34.2 Å². The molecule has 1 fully saturated rings. The zero-order valence-electron chi connectivity index (χ0n) is 14.5. The SMILES string of the molecule is CC1(C)CC2CC(C)(C1)C(NC(=O)NS(=O)(=O)c1ccccc1Cl)=N2. The average Bonchev–Trinajstić information content (AvgIpc) is 2.66. The van der Waals surface area contributed by atoms with Gasteiger partial charge in [0.25, 0.3) is 10.0 Å². The van der Waals surface area contributed by atoms with E-state index in [-0.39, 0.29) is 26.8 Å². The molecule has 1 saturated carbocycles. The van der Waals surface area contributed by atoms with Crippen LogP contribution >= 0.6 is 11.6 Å². The number of amidine groups is 1. The first-order valence-corrected chi connectivity index (χ1v) is 10.0. The first-order chi connectivity index (χ1) is 11.5. The number of carbonyl (C=O) groups excluding carboxylic acids is 1. The van der Waals surface area contributed by atoms with Gasteiger partial charge < -0.3 is 0 Å². The van der Waals surface area contributed by atoms with Gasteiger partial charge in [-0.25, -0.2) is 17.9 Å². The lowest BCUT2D eigenvalue weighted by molar-refractivity contribution is 0.151. The molecule has 0 radical (unpaired) electrons. The molecule has 136 valence electrons. The highest BCUT2D eigenvalue weighted by Crippen LogP contribution is 2.51. The number of rotatable bonds is 2. The lowest BCUT2D eigenvalue weighted by atomic mass is 9.64. The number of nitrogens with one attached hydrogen (secondary N) is 2. The van der Waals surface area contributed by atoms with Crippen LogP contribution in [-0.2, 0) is 10.0 Å². The maximum absolute atomic E-state index is 12.4. The van der Waals surface area contributed by atoms with Gasteiger partial charge >= 0.3 is 6.03 Å². The Hall–Kier alpha value is -1.60. The predicted octanol–water partition coefficient (Wildman–Crippen LogP) is 3.33. The molecule has 2 N–H and O–H groups in total. The predicted molar refractivity (Wildman–Crippen MR) is 97.3 cm³/mol. The number of hydrogen-bond donors (Lipinski definition) is 2. The van der Waals surface area contributed by atoms with E-state index < -0.39 is 16.1 Å². The average molecular weight is 384 g/mol. The van der Waals surface area contributed by atoms with Crippen LogP contribution in [-0.4, -0.2) is 26.3 Å². The van der Waals surface area contributed by atoms with Crippen LogP contribution in [0, 0.1) is 10.8 Å². The van der Waals surface area contributed by atoms with Crippen molar-refractivity contribution in [1.29, 1.82) is 0 Å². The fourth-order valence-electron chi connectivity index (χ4n) is 4.20. The van der Waals surface area contributed by atoms with Gasteiger partial charge in [-0.15, -0.1) is 0 Å². The van der Waals surface area contributed by atoms with E-state index in [1.165, 1.54) is 12.1 Å². The number of halogens is 1. The second-order valence-electron chi connectivity index (χ2n) is 7.93. The van der Waals surface area contributed by atoms with Crippen molar-refractivity contribution in [3.63, 3.8) is 0 Å². The summed E-state index contributed by atoms with van der Waals surface area (Å²) in [7, 11) is -4.05. The highest BCUT2D eigenvalue weighted by atomic mass is 35.5. The highest BCUT2D eigenvalue weighted by Gasteiger charge is 2.49. The van der Waals surface area contributed by atoms with E-state index in [1.54, 1.807) is 12.1 Å². The van der Waals surface area contributed by atoms with Gasteiger partial charge in [0.1, 0.15) is 10.7 Å². The molecule has 1 aromatic carbocycles. The summed E-state index contributed by atoms with van der Waals surface area (Å²) in [5, 5.41) is 2.71. The first kappa shape index (κ1) is 18.2. The molecule has 0 saturated heterocycles. The molecule has 1 aliphatic heterocycles. The normalized spacial score (nSPS) is 27.5. The van der Waals surface area contributed by atoms with Crippen molar-refractivity contribution in [2.45, 2.75) is 51.0 Å². The molecule has 0 spiro atoms. The van der Waals surface area contributed by atoms with Gasteiger partial charge in [-0.3, -0.25) is 10.3 Å². The van der Waals surface area contributed by atoms with Crippen LogP contribution in [0.3, 0.4) is 0 Å². The van der Waals surface area contributed by atoms with E-state index in [1.807, 2.05) is 4.72 Å². The Kier molecular flexibility index (Phi) is 4.36. The zero-order valence-corrected chi connectivity index (χ0v) is 16.0. The van der Waals surface area contributed by atoms with Crippen LogP contribution in [0.1, 0.15) is 40.0 Å². The second-order valence-corrected chi connectivity index (χ2v) is 9.99. The number of sulfonamides is 1. The Morgan fingerprint density at radius 1 is 1.24 bits per heavy atom. The lowest BCUT2D eigenvalue weighted by Crippen LogP contribution is -2.48. The van der Waals surface area contributed by atoms with Crippen molar-refractivity contribution < 1.29 is 13.2 Å². The van der Waals surface area contributed by atoms with Gasteiger partial charge in [0, 0.05) is 5.41 Å². The molecule has 25 heavy (non-hydrogen) atoms. The van der Waals surface area contributed by atoms with E-state index in [2.05, 4.69) is 31.1 Å². The molecule has 2 aliphatic rings. The van der Waals surface area contributed by atoms with E-state index in [0.29, 0.717) is 5.84 Å². The molecule has 1 aliphatic carbocycles. The smallest absolute Gasteiger partial charge is 0.295 e. The zero-order chi connectivity index (χ0) is 18.5. The Labute approximate surface area is 153 Å². The second kappa shape index (κ2) is 5.99. The van der Waals surface area contributed by atoms with Crippen LogP contribution < -0.4 is 10.0 Å². The minimum atomic E-state index is -4.05. The summed E-state index contributed by atoms with van der Waals surface area (Å²) in [6.45, 7) is 6.45. The number of nitrogens with zero attached hydrogens (tertiary/aromatic N) is 1. The molecule has 1 aromatic rings. The fourth-order valence-corrected chi connectivity index (χ4v) is 5.62. The third kappa shape index (κ3) is 3.67. The summed E-state index contributed by atoms with van der Waals surface area (Å²) in [6.07, 6.45) is 2.74. The van der Waals surface area contributed by atoms with Gasteiger partial charge in [-0.05, 0) is 36.8 Å². The van der Waals surface area contributed by atoms with Crippen molar-refractivity contribution in [2.75, 3.05) is 0 Å². The van der Waals surface area contributed by atoms with E-state index in [4.69, 9.17) is 11.6 Å². The summed E-state index contributed by atoms with van der Waals surface area (Å²) in [5.74, 6) is 0.565. The summed E-state index contributed by atoms with van der Waals surface area (Å²) in [4.78, 5) is 16.7. The van der Waals surface area contributed by atoms with Gasteiger partial charge in [0.15, 0.2) is 0 Å². The quantitative estimate of drug-likeness (QED) is 0.821. The van der Waals surface area contributed by atoms with Crippen molar-refractivity contribution in [3.05, 3.63) is 29.3 Å². The Morgan fingerprint density at radius 3 is 2.60 bits per heavy atom. The largest absolute Gasteiger partial charge is 0.334 e. The minimum absolute atomic E-state index is 0.0607. The molecule has 3 rings (SSSR count). The van der Waals surface area contributed by atoms with Crippen molar-refractivity contribution in [2.24, 2.45) is 15.8 Å². The third-order valence-corrected chi connectivity index (χ3v) is 6.64. The Balaban J connectivity index is 1.74. The molecule has 6 nitrogen and oxygen atoms in total. The number of urea groups is 1. The molecular weight excluding hydrogens is 362 g/mol. The molecule has 2 unspecified atom stereocenters. The van der Waals surface area contributed by atoms with Crippen LogP contribution in [0.2, 0.25) is 5.02 Å². The van der Waals surface area contributed by atoms with Crippen LogP contribution in [0.5, 0.6) is 0 Å². The van der Waals surface area contributed by atoms with Crippen LogP contribution in [0.25, 0.3) is 0 Å². The van der Waals surface area contributed by atoms with Gasteiger partial charge in [0.2, 0.25) is 0 Å². The third-order valence-electron chi connectivity index (χ3n) is 4.81. The van der Waals surface area contributed by atoms with Gasteiger partial charge in [-0.2, -0.15) is 0 Å². The summed E-state index contributed by atoms with van der Waals surface area (Å²) >= 11 is 5.91. The molecular formula is C17H22ClN3O3S. The molecule has 0 aromatic heterocycles. The molecule has 2 atom stereocenters. The highest BCUT2D eigenvalue weighted by molar-refractivity contribution is 7.90. The van der Waals surface area contributed by atoms with Crippen molar-refractivity contribution in [3.8, 4) is 0 Å².